The van der Waals surface area contributed by atoms with Crippen LogP contribution in [0.5, 0.6) is 0 Å². The molecule has 0 unspecified atom stereocenters. The number of nitrogen functional groups attached to an aromatic ring is 1. The number of carbonyl (C=O) groups is 2. The summed E-state index contributed by atoms with van der Waals surface area (Å²) in [4.78, 5) is 23.3. The number of primary amides is 1. The highest BCUT2D eigenvalue weighted by Gasteiger charge is 2.24. The van der Waals surface area contributed by atoms with Crippen LogP contribution in [-0.2, 0) is 11.3 Å². The van der Waals surface area contributed by atoms with Gasteiger partial charge >= 0.3 is 5.97 Å². The molecule has 0 saturated carbocycles. The minimum absolute atomic E-state index is 0.000469. The SMILES string of the molecule is CCOC(=O)c1nnn(-c2nonc2N)c1CNc1ccc(C(N)=O)cc1. The minimum atomic E-state index is -0.639. The van der Waals surface area contributed by atoms with Gasteiger partial charge in [0.2, 0.25) is 17.5 Å². The van der Waals surface area contributed by atoms with Crippen LogP contribution < -0.4 is 16.8 Å². The highest BCUT2D eigenvalue weighted by molar-refractivity contribution is 5.93. The van der Waals surface area contributed by atoms with Crippen molar-refractivity contribution in [1.82, 2.24) is 25.3 Å². The maximum atomic E-state index is 12.2. The second kappa shape index (κ2) is 7.51. The lowest BCUT2D eigenvalue weighted by atomic mass is 10.2. The average Bonchev–Trinajstić information content (AvgIpc) is 3.26. The number of esters is 1. The summed E-state index contributed by atoms with van der Waals surface area (Å²) >= 11 is 0. The fraction of sp³-hybridized carbons (Fsp3) is 0.200. The third-order valence-electron chi connectivity index (χ3n) is 3.56. The first-order valence-electron chi connectivity index (χ1n) is 7.85. The second-order valence-corrected chi connectivity index (χ2v) is 5.29. The number of rotatable bonds is 7. The van der Waals surface area contributed by atoms with Gasteiger partial charge in [-0.05, 0) is 41.5 Å². The highest BCUT2D eigenvalue weighted by atomic mass is 16.6. The van der Waals surface area contributed by atoms with Gasteiger partial charge in [-0.3, -0.25) is 4.79 Å². The van der Waals surface area contributed by atoms with Gasteiger partial charge in [0.25, 0.3) is 0 Å². The zero-order chi connectivity index (χ0) is 19.4. The van der Waals surface area contributed by atoms with Gasteiger partial charge in [-0.2, -0.15) is 4.68 Å². The molecule has 1 aromatic carbocycles. The molecule has 3 rings (SSSR count). The van der Waals surface area contributed by atoms with Crippen molar-refractivity contribution in [3.05, 3.63) is 41.2 Å². The Kier molecular flexibility index (Phi) is 4.97. The molecule has 0 atom stereocenters. The predicted molar refractivity (Wildman–Crippen MR) is 91.9 cm³/mol. The van der Waals surface area contributed by atoms with Gasteiger partial charge < -0.3 is 21.5 Å². The van der Waals surface area contributed by atoms with E-state index in [0.29, 0.717) is 16.9 Å². The molecule has 140 valence electrons. The van der Waals surface area contributed by atoms with E-state index in [-0.39, 0.29) is 30.5 Å². The maximum Gasteiger partial charge on any atom is 0.360 e. The lowest BCUT2D eigenvalue weighted by molar-refractivity contribution is 0.0518. The van der Waals surface area contributed by atoms with E-state index >= 15 is 0 Å². The van der Waals surface area contributed by atoms with Gasteiger partial charge in [-0.15, -0.1) is 5.10 Å². The lowest BCUT2D eigenvalue weighted by Gasteiger charge is -2.09. The standard InChI is InChI=1S/C15H16N8O4/c1-2-26-15(25)11-10(23(22-19-11)14-12(16)20-27-21-14)7-18-9-5-3-8(4-6-9)13(17)24/h3-6,18H,2,7H2,1H3,(H2,16,20)(H2,17,24). The van der Waals surface area contributed by atoms with Gasteiger partial charge in [0.1, 0.15) is 5.69 Å². The van der Waals surface area contributed by atoms with Gasteiger partial charge in [-0.25, -0.2) is 9.42 Å². The fourth-order valence-corrected chi connectivity index (χ4v) is 2.26. The Balaban J connectivity index is 1.89. The normalized spacial score (nSPS) is 10.6. The molecule has 1 amide bonds. The Bertz CT molecular complexity index is 963. The molecule has 0 aliphatic rings. The molecule has 0 aliphatic heterocycles. The largest absolute Gasteiger partial charge is 0.461 e. The molecule has 0 aliphatic carbocycles. The number of amides is 1. The van der Waals surface area contributed by atoms with Crippen LogP contribution >= 0.6 is 0 Å². The Morgan fingerprint density at radius 2 is 2.00 bits per heavy atom. The van der Waals surface area contributed by atoms with Gasteiger partial charge in [0.05, 0.1) is 13.2 Å². The summed E-state index contributed by atoms with van der Waals surface area (Å²) in [6, 6.07) is 6.49. The first kappa shape index (κ1) is 17.8. The van der Waals surface area contributed by atoms with Gasteiger partial charge in [0, 0.05) is 11.3 Å². The van der Waals surface area contributed by atoms with Crippen LogP contribution in [0, 0.1) is 0 Å². The zero-order valence-electron chi connectivity index (χ0n) is 14.2. The Morgan fingerprint density at radius 3 is 2.59 bits per heavy atom. The third kappa shape index (κ3) is 3.68. The van der Waals surface area contributed by atoms with Crippen molar-refractivity contribution < 1.29 is 19.0 Å². The number of benzene rings is 1. The van der Waals surface area contributed by atoms with Gasteiger partial charge in [0.15, 0.2) is 5.69 Å². The number of anilines is 2. The molecular formula is C15H16N8O4. The summed E-state index contributed by atoms with van der Waals surface area (Å²) in [5, 5.41) is 18.0. The molecule has 0 bridgehead atoms. The third-order valence-corrected chi connectivity index (χ3v) is 3.56. The number of carbonyl (C=O) groups excluding carboxylic acids is 2. The number of nitrogens with two attached hydrogens (primary N) is 2. The summed E-state index contributed by atoms with van der Waals surface area (Å²) in [6.45, 7) is 1.99. The van der Waals surface area contributed by atoms with E-state index in [4.69, 9.17) is 16.2 Å². The molecule has 0 fully saturated rings. The molecule has 5 N–H and O–H groups in total. The zero-order valence-corrected chi connectivity index (χ0v) is 14.2. The first-order chi connectivity index (χ1) is 13.0. The summed E-state index contributed by atoms with van der Waals surface area (Å²) in [5.74, 6) is -1.08. The number of nitrogens with zero attached hydrogens (tertiary/aromatic N) is 5. The Hall–Kier alpha value is -3.96. The van der Waals surface area contributed by atoms with Crippen molar-refractivity contribution in [2.24, 2.45) is 5.73 Å². The van der Waals surface area contributed by atoms with Crippen molar-refractivity contribution in [3.63, 3.8) is 0 Å². The number of hydrogen-bond acceptors (Lipinski definition) is 10. The van der Waals surface area contributed by atoms with Crippen LogP contribution in [0.3, 0.4) is 0 Å². The monoisotopic (exact) mass is 372 g/mol. The van der Waals surface area contributed by atoms with E-state index < -0.39 is 11.9 Å². The van der Waals surface area contributed by atoms with Crippen molar-refractivity contribution in [2.75, 3.05) is 17.7 Å². The molecule has 27 heavy (non-hydrogen) atoms. The average molecular weight is 372 g/mol. The van der Waals surface area contributed by atoms with Crippen LogP contribution in [0.25, 0.3) is 5.82 Å². The quantitative estimate of drug-likeness (QED) is 0.482. The van der Waals surface area contributed by atoms with E-state index in [1.807, 2.05) is 0 Å². The van der Waals surface area contributed by atoms with Gasteiger partial charge in [-0.1, -0.05) is 5.21 Å². The van der Waals surface area contributed by atoms with E-state index in [1.165, 1.54) is 4.68 Å². The molecular weight excluding hydrogens is 356 g/mol. The molecule has 0 spiro atoms. The first-order valence-corrected chi connectivity index (χ1v) is 7.85. The minimum Gasteiger partial charge on any atom is -0.461 e. The summed E-state index contributed by atoms with van der Waals surface area (Å²) in [7, 11) is 0. The predicted octanol–water partition coefficient (Wildman–Crippen LogP) is 0.120. The highest BCUT2D eigenvalue weighted by Crippen LogP contribution is 2.18. The Morgan fingerprint density at radius 1 is 1.26 bits per heavy atom. The molecule has 12 nitrogen and oxygen atoms in total. The molecule has 0 radical (unpaired) electrons. The van der Waals surface area contributed by atoms with Crippen LogP contribution in [0.2, 0.25) is 0 Å². The van der Waals surface area contributed by atoms with E-state index in [0.717, 1.165) is 0 Å². The second-order valence-electron chi connectivity index (χ2n) is 5.29. The smallest absolute Gasteiger partial charge is 0.360 e. The molecule has 2 aromatic heterocycles. The molecule has 2 heterocycles. The summed E-state index contributed by atoms with van der Waals surface area (Å²) in [5.41, 5.74) is 12.3. The topological polar surface area (TPSA) is 177 Å². The van der Waals surface area contributed by atoms with E-state index in [2.05, 4.69) is 30.6 Å². The van der Waals surface area contributed by atoms with E-state index in [9.17, 15) is 9.59 Å². The van der Waals surface area contributed by atoms with Crippen molar-refractivity contribution in [2.45, 2.75) is 13.5 Å². The lowest BCUT2D eigenvalue weighted by Crippen LogP contribution is -2.15. The summed E-state index contributed by atoms with van der Waals surface area (Å²) < 4.78 is 10.8. The molecule has 12 heteroatoms. The number of aromatic nitrogens is 5. The molecule has 0 saturated heterocycles. The number of nitrogens with one attached hydrogen (secondary N) is 1. The Labute approximate surface area is 152 Å². The number of ether oxygens (including phenoxy) is 1. The van der Waals surface area contributed by atoms with Crippen molar-refractivity contribution >= 4 is 23.4 Å². The van der Waals surface area contributed by atoms with Crippen molar-refractivity contribution in [1.29, 1.82) is 0 Å². The summed E-state index contributed by atoms with van der Waals surface area (Å²) in [6.07, 6.45) is 0. The maximum absolute atomic E-state index is 12.2. The van der Waals surface area contributed by atoms with Crippen molar-refractivity contribution in [3.8, 4) is 5.82 Å². The molecule has 3 aromatic rings. The fourth-order valence-electron chi connectivity index (χ4n) is 2.26. The van der Waals surface area contributed by atoms with Crippen LogP contribution in [-0.4, -0.2) is 43.8 Å². The van der Waals surface area contributed by atoms with Crippen LogP contribution in [0.1, 0.15) is 33.5 Å². The van der Waals surface area contributed by atoms with E-state index in [1.54, 1.807) is 31.2 Å². The number of hydrogen-bond donors (Lipinski definition) is 3. The van der Waals surface area contributed by atoms with Crippen LogP contribution in [0.15, 0.2) is 28.9 Å². The van der Waals surface area contributed by atoms with Crippen LogP contribution in [0.4, 0.5) is 11.5 Å².